The average Bonchev–Trinajstić information content (AvgIpc) is 2.97. The Morgan fingerprint density at radius 2 is 2.00 bits per heavy atom. The molecule has 0 saturated carbocycles. The Labute approximate surface area is 159 Å². The van der Waals surface area contributed by atoms with E-state index in [2.05, 4.69) is 10.3 Å². The average molecular weight is 396 g/mol. The number of halogens is 2. The standard InChI is InChI=1S/C17H15Cl2N3O2S/c18-13-2-1-12(7-14(13)19)17-22(16(24)10-25-17)9-15(23)21-8-11-3-5-20-6-4-11/h1-7,17H,8-10H2,(H,21,23)/t17-/m0/s1. The van der Waals surface area contributed by atoms with Crippen LogP contribution in [0.4, 0.5) is 0 Å². The number of amides is 2. The van der Waals surface area contributed by atoms with E-state index >= 15 is 0 Å². The summed E-state index contributed by atoms with van der Waals surface area (Å²) in [6.07, 6.45) is 3.34. The molecule has 130 valence electrons. The number of nitrogens with one attached hydrogen (secondary N) is 1. The van der Waals surface area contributed by atoms with E-state index in [1.165, 1.54) is 11.8 Å². The largest absolute Gasteiger partial charge is 0.350 e. The lowest BCUT2D eigenvalue weighted by Gasteiger charge is -2.24. The molecule has 1 aromatic carbocycles. The minimum atomic E-state index is -0.242. The van der Waals surface area contributed by atoms with E-state index in [0.29, 0.717) is 22.3 Å². The fraction of sp³-hybridized carbons (Fsp3) is 0.235. The Bertz CT molecular complexity index is 789. The van der Waals surface area contributed by atoms with Crippen molar-refractivity contribution in [3.63, 3.8) is 0 Å². The molecule has 0 bridgehead atoms. The molecule has 1 atom stereocenters. The van der Waals surface area contributed by atoms with E-state index in [9.17, 15) is 9.59 Å². The van der Waals surface area contributed by atoms with E-state index in [1.54, 1.807) is 29.4 Å². The molecule has 1 N–H and O–H groups in total. The monoisotopic (exact) mass is 395 g/mol. The van der Waals surface area contributed by atoms with Crippen LogP contribution in [0.3, 0.4) is 0 Å². The molecule has 2 heterocycles. The van der Waals surface area contributed by atoms with Gasteiger partial charge in [0.15, 0.2) is 0 Å². The molecular formula is C17H15Cl2N3O2S. The molecular weight excluding hydrogens is 381 g/mol. The SMILES string of the molecule is O=C(CN1C(=O)CS[C@H]1c1ccc(Cl)c(Cl)c1)NCc1ccncc1. The number of carbonyl (C=O) groups is 2. The van der Waals surface area contributed by atoms with Gasteiger partial charge in [0, 0.05) is 18.9 Å². The quantitative estimate of drug-likeness (QED) is 0.843. The van der Waals surface area contributed by atoms with Crippen molar-refractivity contribution >= 4 is 46.8 Å². The van der Waals surface area contributed by atoms with Crippen molar-refractivity contribution in [2.75, 3.05) is 12.3 Å². The third-order valence-electron chi connectivity index (χ3n) is 3.75. The Morgan fingerprint density at radius 3 is 2.72 bits per heavy atom. The van der Waals surface area contributed by atoms with Crippen LogP contribution in [0, 0.1) is 0 Å². The number of carbonyl (C=O) groups excluding carboxylic acids is 2. The van der Waals surface area contributed by atoms with Gasteiger partial charge in [0.1, 0.15) is 11.9 Å². The first-order valence-corrected chi connectivity index (χ1v) is 9.36. The van der Waals surface area contributed by atoms with Crippen molar-refractivity contribution in [3.05, 3.63) is 63.9 Å². The first kappa shape index (κ1) is 18.0. The van der Waals surface area contributed by atoms with Gasteiger partial charge in [-0.15, -0.1) is 11.8 Å². The lowest BCUT2D eigenvalue weighted by Crippen LogP contribution is -2.39. The summed E-state index contributed by atoms with van der Waals surface area (Å²) < 4.78 is 0. The van der Waals surface area contributed by atoms with Crippen LogP contribution in [0.5, 0.6) is 0 Å². The molecule has 0 radical (unpaired) electrons. The molecule has 0 aliphatic carbocycles. The fourth-order valence-electron chi connectivity index (χ4n) is 2.48. The highest BCUT2D eigenvalue weighted by Crippen LogP contribution is 2.40. The number of hydrogen-bond acceptors (Lipinski definition) is 4. The number of nitrogens with zero attached hydrogens (tertiary/aromatic N) is 2. The molecule has 2 amide bonds. The second kappa shape index (κ2) is 8.08. The van der Waals surface area contributed by atoms with Crippen molar-refractivity contribution in [2.45, 2.75) is 11.9 Å². The van der Waals surface area contributed by atoms with Gasteiger partial charge in [-0.25, -0.2) is 0 Å². The Balaban J connectivity index is 1.65. The highest BCUT2D eigenvalue weighted by molar-refractivity contribution is 8.00. The molecule has 2 aromatic rings. The third-order valence-corrected chi connectivity index (χ3v) is 5.74. The van der Waals surface area contributed by atoms with Gasteiger partial charge in [-0.1, -0.05) is 29.3 Å². The van der Waals surface area contributed by atoms with Gasteiger partial charge in [0.25, 0.3) is 0 Å². The molecule has 8 heteroatoms. The maximum atomic E-state index is 12.2. The number of rotatable bonds is 5. The summed E-state index contributed by atoms with van der Waals surface area (Å²) in [4.78, 5) is 29.9. The number of benzene rings is 1. The summed E-state index contributed by atoms with van der Waals surface area (Å²) in [6, 6.07) is 8.92. The molecule has 5 nitrogen and oxygen atoms in total. The minimum absolute atomic E-state index is 0.00181. The molecule has 1 saturated heterocycles. The van der Waals surface area contributed by atoms with Crippen LogP contribution in [-0.4, -0.2) is 34.0 Å². The van der Waals surface area contributed by atoms with Crippen molar-refractivity contribution in [3.8, 4) is 0 Å². The Kier molecular flexibility index (Phi) is 5.83. The lowest BCUT2D eigenvalue weighted by atomic mass is 10.2. The van der Waals surface area contributed by atoms with Crippen molar-refractivity contribution in [2.24, 2.45) is 0 Å². The van der Waals surface area contributed by atoms with Crippen LogP contribution in [0.2, 0.25) is 10.0 Å². The first-order valence-electron chi connectivity index (χ1n) is 7.56. The zero-order valence-corrected chi connectivity index (χ0v) is 15.4. The van der Waals surface area contributed by atoms with Crippen molar-refractivity contribution in [1.29, 1.82) is 0 Å². The summed E-state index contributed by atoms with van der Waals surface area (Å²) in [5.74, 6) is 0.0561. The van der Waals surface area contributed by atoms with Crippen LogP contribution in [0.15, 0.2) is 42.7 Å². The minimum Gasteiger partial charge on any atom is -0.350 e. The summed E-state index contributed by atoms with van der Waals surface area (Å²) in [6.45, 7) is 0.399. The number of thioether (sulfide) groups is 1. The van der Waals surface area contributed by atoms with Gasteiger partial charge in [0.2, 0.25) is 11.8 Å². The molecule has 1 aromatic heterocycles. The van der Waals surface area contributed by atoms with Gasteiger partial charge in [-0.05, 0) is 35.4 Å². The van der Waals surface area contributed by atoms with Crippen molar-refractivity contribution in [1.82, 2.24) is 15.2 Å². The molecule has 1 aliphatic heterocycles. The van der Waals surface area contributed by atoms with Gasteiger partial charge in [-0.3, -0.25) is 14.6 Å². The summed E-state index contributed by atoms with van der Waals surface area (Å²) in [5, 5.41) is 3.47. The summed E-state index contributed by atoms with van der Waals surface area (Å²) in [5.41, 5.74) is 1.80. The van der Waals surface area contributed by atoms with E-state index in [4.69, 9.17) is 23.2 Å². The van der Waals surface area contributed by atoms with E-state index in [0.717, 1.165) is 11.1 Å². The van der Waals surface area contributed by atoms with Gasteiger partial charge < -0.3 is 10.2 Å². The van der Waals surface area contributed by atoms with E-state index < -0.39 is 0 Å². The Hall–Kier alpha value is -1.76. The molecule has 25 heavy (non-hydrogen) atoms. The number of aromatic nitrogens is 1. The second-order valence-electron chi connectivity index (χ2n) is 5.49. The lowest BCUT2D eigenvalue weighted by molar-refractivity contribution is -0.133. The van der Waals surface area contributed by atoms with Gasteiger partial charge >= 0.3 is 0 Å². The molecule has 0 spiro atoms. The van der Waals surface area contributed by atoms with Crippen LogP contribution in [-0.2, 0) is 16.1 Å². The predicted octanol–water partition coefficient (Wildman–Crippen LogP) is 3.28. The summed E-state index contributed by atoms with van der Waals surface area (Å²) in [7, 11) is 0. The smallest absolute Gasteiger partial charge is 0.239 e. The molecule has 0 unspecified atom stereocenters. The van der Waals surface area contributed by atoms with Gasteiger partial charge in [0.05, 0.1) is 15.8 Å². The van der Waals surface area contributed by atoms with Crippen LogP contribution >= 0.6 is 35.0 Å². The highest BCUT2D eigenvalue weighted by Gasteiger charge is 2.34. The van der Waals surface area contributed by atoms with Crippen LogP contribution in [0.1, 0.15) is 16.5 Å². The number of hydrogen-bond donors (Lipinski definition) is 1. The topological polar surface area (TPSA) is 62.3 Å². The van der Waals surface area contributed by atoms with Crippen molar-refractivity contribution < 1.29 is 9.59 Å². The maximum Gasteiger partial charge on any atom is 0.239 e. The zero-order valence-electron chi connectivity index (χ0n) is 13.1. The van der Waals surface area contributed by atoms with Crippen LogP contribution < -0.4 is 5.32 Å². The molecule has 1 fully saturated rings. The Morgan fingerprint density at radius 1 is 1.24 bits per heavy atom. The second-order valence-corrected chi connectivity index (χ2v) is 7.37. The first-order chi connectivity index (χ1) is 12.0. The summed E-state index contributed by atoms with van der Waals surface area (Å²) >= 11 is 13.5. The highest BCUT2D eigenvalue weighted by atomic mass is 35.5. The fourth-order valence-corrected chi connectivity index (χ4v) is 3.96. The van der Waals surface area contributed by atoms with Crippen LogP contribution in [0.25, 0.3) is 0 Å². The van der Waals surface area contributed by atoms with Gasteiger partial charge in [-0.2, -0.15) is 0 Å². The number of pyridine rings is 1. The zero-order chi connectivity index (χ0) is 17.8. The third kappa shape index (κ3) is 4.45. The normalized spacial score (nSPS) is 17.0. The molecule has 3 rings (SSSR count). The predicted molar refractivity (Wildman–Crippen MR) is 99.5 cm³/mol. The molecule has 1 aliphatic rings. The van der Waals surface area contributed by atoms with E-state index in [-0.39, 0.29) is 23.7 Å². The van der Waals surface area contributed by atoms with E-state index in [1.807, 2.05) is 18.2 Å². The maximum absolute atomic E-state index is 12.2.